The molecule has 0 amide bonds. The lowest BCUT2D eigenvalue weighted by Gasteiger charge is -2.10. The lowest BCUT2D eigenvalue weighted by molar-refractivity contribution is -0.137. The SMILES string of the molecule is CCC=C[C@H](CC(=O)O)c1ccc(O)cc1. The topological polar surface area (TPSA) is 57.5 Å². The molecule has 0 bridgehead atoms. The monoisotopic (exact) mass is 220 g/mol. The second kappa shape index (κ2) is 5.95. The van der Waals surface area contributed by atoms with Crippen molar-refractivity contribution in [3.05, 3.63) is 42.0 Å². The summed E-state index contributed by atoms with van der Waals surface area (Å²) < 4.78 is 0. The van der Waals surface area contributed by atoms with Gasteiger partial charge in [0.05, 0.1) is 6.42 Å². The van der Waals surface area contributed by atoms with Gasteiger partial charge in [-0.05, 0) is 24.1 Å². The number of aromatic hydroxyl groups is 1. The van der Waals surface area contributed by atoms with Gasteiger partial charge in [-0.2, -0.15) is 0 Å². The lowest BCUT2D eigenvalue weighted by Crippen LogP contribution is -2.03. The third kappa shape index (κ3) is 3.77. The van der Waals surface area contributed by atoms with E-state index in [9.17, 15) is 4.79 Å². The summed E-state index contributed by atoms with van der Waals surface area (Å²) in [7, 11) is 0. The molecule has 0 spiro atoms. The molecule has 0 heterocycles. The Hall–Kier alpha value is -1.77. The van der Waals surface area contributed by atoms with Crippen molar-refractivity contribution >= 4 is 5.97 Å². The number of benzene rings is 1. The Bertz CT molecular complexity index is 365. The van der Waals surface area contributed by atoms with Gasteiger partial charge in [0.25, 0.3) is 0 Å². The molecule has 0 aliphatic heterocycles. The smallest absolute Gasteiger partial charge is 0.304 e. The van der Waals surface area contributed by atoms with E-state index in [1.807, 2.05) is 19.1 Å². The number of hydrogen-bond acceptors (Lipinski definition) is 2. The number of carbonyl (C=O) groups is 1. The standard InChI is InChI=1S/C13H16O3/c1-2-3-4-11(9-13(15)16)10-5-7-12(14)8-6-10/h3-8,11,14H,2,9H2,1H3,(H,15,16)/t11-/m1/s1. The fourth-order valence-electron chi connectivity index (χ4n) is 1.51. The first-order valence-corrected chi connectivity index (χ1v) is 5.31. The molecule has 1 rings (SSSR count). The number of aliphatic carboxylic acids is 1. The lowest BCUT2D eigenvalue weighted by atomic mass is 9.95. The van der Waals surface area contributed by atoms with Crippen LogP contribution in [0.5, 0.6) is 5.75 Å². The second-order valence-corrected chi connectivity index (χ2v) is 3.63. The van der Waals surface area contributed by atoms with E-state index in [1.165, 1.54) is 0 Å². The van der Waals surface area contributed by atoms with Gasteiger partial charge >= 0.3 is 5.97 Å². The number of phenolic OH excluding ortho intramolecular Hbond substituents is 1. The van der Waals surface area contributed by atoms with Crippen LogP contribution in [0.25, 0.3) is 0 Å². The molecule has 3 heteroatoms. The first kappa shape index (κ1) is 12.3. The molecular formula is C13H16O3. The molecule has 1 aromatic rings. The number of carboxylic acid groups (broad SMARTS) is 1. The molecule has 0 saturated heterocycles. The van der Waals surface area contributed by atoms with Gasteiger partial charge in [0.1, 0.15) is 5.75 Å². The molecule has 1 atom stereocenters. The van der Waals surface area contributed by atoms with E-state index in [2.05, 4.69) is 0 Å². The minimum absolute atomic E-state index is 0.0707. The summed E-state index contributed by atoms with van der Waals surface area (Å²) in [6.07, 6.45) is 4.82. The molecule has 16 heavy (non-hydrogen) atoms. The van der Waals surface area contributed by atoms with Crippen LogP contribution in [0.15, 0.2) is 36.4 Å². The Morgan fingerprint density at radius 2 is 2.00 bits per heavy atom. The van der Waals surface area contributed by atoms with Crippen LogP contribution in [0, 0.1) is 0 Å². The summed E-state index contributed by atoms with van der Waals surface area (Å²) in [6, 6.07) is 6.65. The first-order valence-electron chi connectivity index (χ1n) is 5.31. The maximum atomic E-state index is 10.7. The third-order valence-electron chi connectivity index (χ3n) is 2.32. The Morgan fingerprint density at radius 1 is 1.38 bits per heavy atom. The van der Waals surface area contributed by atoms with Crippen molar-refractivity contribution in [2.24, 2.45) is 0 Å². The molecule has 0 aliphatic rings. The maximum absolute atomic E-state index is 10.7. The summed E-state index contributed by atoms with van der Waals surface area (Å²) in [5.41, 5.74) is 0.907. The number of allylic oxidation sites excluding steroid dienone is 2. The predicted molar refractivity (Wildman–Crippen MR) is 62.5 cm³/mol. The Labute approximate surface area is 95.0 Å². The Morgan fingerprint density at radius 3 is 2.50 bits per heavy atom. The zero-order valence-electron chi connectivity index (χ0n) is 9.26. The van der Waals surface area contributed by atoms with Crippen molar-refractivity contribution in [1.29, 1.82) is 0 Å². The van der Waals surface area contributed by atoms with Gasteiger partial charge in [0.2, 0.25) is 0 Å². The maximum Gasteiger partial charge on any atom is 0.304 e. The van der Waals surface area contributed by atoms with Crippen LogP contribution in [0.1, 0.15) is 31.2 Å². The van der Waals surface area contributed by atoms with Gasteiger partial charge in [0, 0.05) is 5.92 Å². The Balaban J connectivity index is 2.86. The Kier molecular flexibility index (Phi) is 4.58. The first-order chi connectivity index (χ1) is 7.63. The highest BCUT2D eigenvalue weighted by atomic mass is 16.4. The van der Waals surface area contributed by atoms with Gasteiger partial charge in [0.15, 0.2) is 0 Å². The van der Waals surface area contributed by atoms with Gasteiger partial charge in [-0.25, -0.2) is 0 Å². The van der Waals surface area contributed by atoms with Crippen LogP contribution >= 0.6 is 0 Å². The van der Waals surface area contributed by atoms with Crippen LogP contribution in [0.3, 0.4) is 0 Å². The zero-order chi connectivity index (χ0) is 12.0. The van der Waals surface area contributed by atoms with Gasteiger partial charge in [-0.1, -0.05) is 31.2 Å². The molecule has 0 saturated carbocycles. The summed E-state index contributed by atoms with van der Waals surface area (Å²) in [5, 5.41) is 18.0. The van der Waals surface area contributed by atoms with Crippen molar-refractivity contribution < 1.29 is 15.0 Å². The number of carboxylic acids is 1. The van der Waals surface area contributed by atoms with Gasteiger partial charge < -0.3 is 10.2 Å². The normalized spacial score (nSPS) is 12.8. The highest BCUT2D eigenvalue weighted by Crippen LogP contribution is 2.23. The molecule has 0 aromatic heterocycles. The van der Waals surface area contributed by atoms with E-state index < -0.39 is 5.97 Å². The number of hydrogen-bond donors (Lipinski definition) is 2. The van der Waals surface area contributed by atoms with Crippen LogP contribution in [-0.4, -0.2) is 16.2 Å². The van der Waals surface area contributed by atoms with E-state index in [0.717, 1.165) is 12.0 Å². The average Bonchev–Trinajstić information content (AvgIpc) is 2.25. The molecule has 3 nitrogen and oxygen atoms in total. The minimum atomic E-state index is -0.821. The minimum Gasteiger partial charge on any atom is -0.508 e. The van der Waals surface area contributed by atoms with E-state index in [1.54, 1.807) is 24.3 Å². The largest absolute Gasteiger partial charge is 0.508 e. The average molecular weight is 220 g/mol. The van der Waals surface area contributed by atoms with Crippen LogP contribution in [0.4, 0.5) is 0 Å². The summed E-state index contributed by atoms with van der Waals surface area (Å²) in [5.74, 6) is -0.755. The van der Waals surface area contributed by atoms with Gasteiger partial charge in [-0.15, -0.1) is 0 Å². The van der Waals surface area contributed by atoms with E-state index in [4.69, 9.17) is 10.2 Å². The second-order valence-electron chi connectivity index (χ2n) is 3.63. The quantitative estimate of drug-likeness (QED) is 0.750. The van der Waals surface area contributed by atoms with Crippen molar-refractivity contribution in [1.82, 2.24) is 0 Å². The highest BCUT2D eigenvalue weighted by molar-refractivity contribution is 5.68. The van der Waals surface area contributed by atoms with E-state index in [0.29, 0.717) is 0 Å². The number of rotatable bonds is 5. The molecule has 0 aliphatic carbocycles. The summed E-state index contributed by atoms with van der Waals surface area (Å²) >= 11 is 0. The van der Waals surface area contributed by atoms with Gasteiger partial charge in [-0.3, -0.25) is 4.79 Å². The van der Waals surface area contributed by atoms with Crippen LogP contribution in [-0.2, 0) is 4.79 Å². The van der Waals surface area contributed by atoms with Crippen molar-refractivity contribution in [3.8, 4) is 5.75 Å². The van der Waals surface area contributed by atoms with E-state index >= 15 is 0 Å². The van der Waals surface area contributed by atoms with Crippen molar-refractivity contribution in [2.45, 2.75) is 25.7 Å². The summed E-state index contributed by atoms with van der Waals surface area (Å²) in [4.78, 5) is 10.7. The zero-order valence-corrected chi connectivity index (χ0v) is 9.26. The molecule has 1 aromatic carbocycles. The number of phenols is 1. The molecule has 2 N–H and O–H groups in total. The predicted octanol–water partition coefficient (Wildman–Crippen LogP) is 2.92. The fraction of sp³-hybridized carbons (Fsp3) is 0.308. The summed E-state index contributed by atoms with van der Waals surface area (Å²) in [6.45, 7) is 2.01. The highest BCUT2D eigenvalue weighted by Gasteiger charge is 2.12. The van der Waals surface area contributed by atoms with Crippen molar-refractivity contribution in [3.63, 3.8) is 0 Å². The van der Waals surface area contributed by atoms with Crippen LogP contribution < -0.4 is 0 Å². The molecule has 0 fully saturated rings. The van der Waals surface area contributed by atoms with E-state index in [-0.39, 0.29) is 18.1 Å². The fourth-order valence-corrected chi connectivity index (χ4v) is 1.51. The third-order valence-corrected chi connectivity index (χ3v) is 2.32. The molecular weight excluding hydrogens is 204 g/mol. The van der Waals surface area contributed by atoms with Crippen molar-refractivity contribution in [2.75, 3.05) is 0 Å². The molecule has 0 unspecified atom stereocenters. The molecule has 0 radical (unpaired) electrons. The van der Waals surface area contributed by atoms with Crippen LogP contribution in [0.2, 0.25) is 0 Å². The molecule has 86 valence electrons.